The first kappa shape index (κ1) is 26.4. The first-order valence-corrected chi connectivity index (χ1v) is 13.8. The number of amides is 2. The van der Waals surface area contributed by atoms with Crippen LogP contribution in [0.3, 0.4) is 0 Å². The Morgan fingerprint density at radius 2 is 1.79 bits per heavy atom. The van der Waals surface area contributed by atoms with Gasteiger partial charge in [-0.25, -0.2) is 0 Å². The number of methoxy groups -OCH3 is 2. The number of hydrogen-bond donors (Lipinski definition) is 0. The van der Waals surface area contributed by atoms with Crippen molar-refractivity contribution in [3.05, 3.63) is 47.5 Å². The molecule has 8 nitrogen and oxygen atoms in total. The van der Waals surface area contributed by atoms with Crippen molar-refractivity contribution >= 4 is 17.5 Å². The number of nitrogens with zero attached hydrogens (tertiary/aromatic N) is 2. The van der Waals surface area contributed by atoms with Gasteiger partial charge in [0.05, 0.1) is 20.3 Å². The maximum Gasteiger partial charge on any atom is 0.254 e. The lowest BCUT2D eigenvalue weighted by molar-refractivity contribution is -0.117. The molecular formula is C30H38N2O6. The van der Waals surface area contributed by atoms with Crippen LogP contribution >= 0.6 is 0 Å². The molecule has 3 fully saturated rings. The topological polar surface area (TPSA) is 77.5 Å². The SMILES string of the molecule is COc1cc(CN(C(=O)c2cccc(N3CCCC3=O)c2)C2CCCC2)cc(OC)c1OC[C@@H]1CCCO1. The van der Waals surface area contributed by atoms with Crippen LogP contribution in [0.1, 0.15) is 67.3 Å². The van der Waals surface area contributed by atoms with E-state index >= 15 is 0 Å². The summed E-state index contributed by atoms with van der Waals surface area (Å²) in [6.07, 6.45) is 7.69. The van der Waals surface area contributed by atoms with Crippen LogP contribution < -0.4 is 19.1 Å². The number of anilines is 1. The highest BCUT2D eigenvalue weighted by atomic mass is 16.6. The van der Waals surface area contributed by atoms with Gasteiger partial charge in [0.25, 0.3) is 5.91 Å². The van der Waals surface area contributed by atoms with E-state index in [-0.39, 0.29) is 24.0 Å². The van der Waals surface area contributed by atoms with Crippen LogP contribution in [0.4, 0.5) is 5.69 Å². The first-order valence-electron chi connectivity index (χ1n) is 13.8. The average molecular weight is 523 g/mol. The highest BCUT2D eigenvalue weighted by Crippen LogP contribution is 2.40. The molecule has 2 amide bonds. The van der Waals surface area contributed by atoms with Crippen molar-refractivity contribution in [2.45, 2.75) is 70.1 Å². The lowest BCUT2D eigenvalue weighted by Crippen LogP contribution is -2.38. The zero-order valence-electron chi connectivity index (χ0n) is 22.4. The molecule has 2 saturated heterocycles. The Kier molecular flexibility index (Phi) is 8.37. The summed E-state index contributed by atoms with van der Waals surface area (Å²) in [5.74, 6) is 1.79. The smallest absolute Gasteiger partial charge is 0.254 e. The molecule has 0 spiro atoms. The fraction of sp³-hybridized carbons (Fsp3) is 0.533. The van der Waals surface area contributed by atoms with Crippen LogP contribution in [0, 0.1) is 0 Å². The van der Waals surface area contributed by atoms with Crippen LogP contribution in [-0.2, 0) is 16.1 Å². The summed E-state index contributed by atoms with van der Waals surface area (Å²) in [5.41, 5.74) is 2.31. The van der Waals surface area contributed by atoms with Crippen molar-refractivity contribution in [2.24, 2.45) is 0 Å². The van der Waals surface area contributed by atoms with Crippen LogP contribution in [0.25, 0.3) is 0 Å². The van der Waals surface area contributed by atoms with Gasteiger partial charge in [-0.15, -0.1) is 0 Å². The predicted octanol–water partition coefficient (Wildman–Crippen LogP) is 4.97. The third-order valence-corrected chi connectivity index (χ3v) is 7.82. The first-order chi connectivity index (χ1) is 18.6. The summed E-state index contributed by atoms with van der Waals surface area (Å²) in [4.78, 5) is 30.0. The van der Waals surface area contributed by atoms with Gasteiger partial charge in [-0.2, -0.15) is 0 Å². The molecule has 1 atom stereocenters. The average Bonchev–Trinajstić information content (AvgIpc) is 3.74. The molecule has 0 unspecified atom stereocenters. The van der Waals surface area contributed by atoms with Gasteiger partial charge in [-0.05, 0) is 68.0 Å². The van der Waals surface area contributed by atoms with E-state index in [0.29, 0.717) is 48.9 Å². The number of carbonyl (C=O) groups excluding carboxylic acids is 2. The maximum atomic E-state index is 13.9. The lowest BCUT2D eigenvalue weighted by Gasteiger charge is -2.30. The second-order valence-electron chi connectivity index (χ2n) is 10.3. The van der Waals surface area contributed by atoms with Crippen molar-refractivity contribution in [3.8, 4) is 17.2 Å². The van der Waals surface area contributed by atoms with Crippen molar-refractivity contribution in [1.29, 1.82) is 0 Å². The molecule has 8 heteroatoms. The third kappa shape index (κ3) is 5.75. The Bertz CT molecular complexity index is 1110. The van der Waals surface area contributed by atoms with Gasteiger partial charge in [0.2, 0.25) is 11.7 Å². The van der Waals surface area contributed by atoms with E-state index in [1.54, 1.807) is 19.1 Å². The number of benzene rings is 2. The Morgan fingerprint density at radius 3 is 2.42 bits per heavy atom. The van der Waals surface area contributed by atoms with Crippen molar-refractivity contribution in [2.75, 3.05) is 38.9 Å². The number of hydrogen-bond acceptors (Lipinski definition) is 6. The normalized spacial score (nSPS) is 19.7. The molecule has 1 aliphatic carbocycles. The van der Waals surface area contributed by atoms with Crippen molar-refractivity contribution < 1.29 is 28.5 Å². The molecule has 2 aromatic carbocycles. The maximum absolute atomic E-state index is 13.9. The molecule has 3 aliphatic rings. The summed E-state index contributed by atoms with van der Waals surface area (Å²) in [7, 11) is 3.23. The second kappa shape index (κ2) is 12.1. The molecule has 2 aromatic rings. The summed E-state index contributed by atoms with van der Waals surface area (Å²) >= 11 is 0. The van der Waals surface area contributed by atoms with Crippen LogP contribution in [0.2, 0.25) is 0 Å². The molecule has 38 heavy (non-hydrogen) atoms. The Balaban J connectivity index is 1.39. The molecule has 0 radical (unpaired) electrons. The van der Waals surface area contributed by atoms with Gasteiger partial charge in [-0.3, -0.25) is 9.59 Å². The Morgan fingerprint density at radius 1 is 1.03 bits per heavy atom. The zero-order chi connectivity index (χ0) is 26.5. The minimum atomic E-state index is -0.0259. The molecule has 0 bridgehead atoms. The minimum Gasteiger partial charge on any atom is -0.493 e. The summed E-state index contributed by atoms with van der Waals surface area (Å²) in [5, 5.41) is 0. The van der Waals surface area contributed by atoms with Gasteiger partial charge in [0, 0.05) is 43.4 Å². The van der Waals surface area contributed by atoms with Crippen LogP contribution in [-0.4, -0.2) is 62.8 Å². The van der Waals surface area contributed by atoms with Crippen LogP contribution in [0.15, 0.2) is 36.4 Å². The van der Waals surface area contributed by atoms with Gasteiger partial charge < -0.3 is 28.7 Å². The fourth-order valence-electron chi connectivity index (χ4n) is 5.79. The third-order valence-electron chi connectivity index (χ3n) is 7.82. The molecular weight excluding hydrogens is 484 g/mol. The Labute approximate surface area is 224 Å². The van der Waals surface area contributed by atoms with Gasteiger partial charge in [0.15, 0.2) is 11.5 Å². The lowest BCUT2D eigenvalue weighted by atomic mass is 10.1. The van der Waals surface area contributed by atoms with Crippen LogP contribution in [0.5, 0.6) is 17.2 Å². The molecule has 5 rings (SSSR count). The summed E-state index contributed by atoms with van der Waals surface area (Å²) in [6.45, 7) is 2.33. The summed E-state index contributed by atoms with van der Waals surface area (Å²) in [6, 6.07) is 11.5. The van der Waals surface area contributed by atoms with Gasteiger partial charge >= 0.3 is 0 Å². The quantitative estimate of drug-likeness (QED) is 0.438. The van der Waals surface area contributed by atoms with E-state index in [9.17, 15) is 9.59 Å². The van der Waals surface area contributed by atoms with E-state index in [2.05, 4.69) is 0 Å². The molecule has 2 heterocycles. The highest BCUT2D eigenvalue weighted by molar-refractivity contribution is 5.99. The molecule has 2 aliphatic heterocycles. The van der Waals surface area contributed by atoms with Gasteiger partial charge in [-0.1, -0.05) is 18.9 Å². The van der Waals surface area contributed by atoms with E-state index in [1.165, 1.54) is 0 Å². The highest BCUT2D eigenvalue weighted by Gasteiger charge is 2.30. The fourth-order valence-corrected chi connectivity index (χ4v) is 5.79. The number of carbonyl (C=O) groups is 2. The second-order valence-corrected chi connectivity index (χ2v) is 10.3. The molecule has 204 valence electrons. The summed E-state index contributed by atoms with van der Waals surface area (Å²) < 4.78 is 23.2. The standard InChI is InChI=1S/C30H38N2O6/c1-35-26-16-21(17-27(36-2)29(26)38-20-25-12-7-15-37-25)19-32(23-9-3-4-10-23)30(34)22-8-5-11-24(18-22)31-14-6-13-28(31)33/h5,8,11,16-18,23,25H,3-4,6-7,9-10,12-15,19-20H2,1-2H3/t25-/m0/s1. The number of ether oxygens (including phenoxy) is 4. The van der Waals surface area contributed by atoms with Crippen molar-refractivity contribution in [3.63, 3.8) is 0 Å². The van der Waals surface area contributed by atoms with Crippen molar-refractivity contribution in [1.82, 2.24) is 4.90 Å². The zero-order valence-corrected chi connectivity index (χ0v) is 22.4. The molecule has 1 saturated carbocycles. The predicted molar refractivity (Wildman–Crippen MR) is 144 cm³/mol. The Hall–Kier alpha value is -3.26. The van der Waals surface area contributed by atoms with Gasteiger partial charge in [0.1, 0.15) is 6.61 Å². The minimum absolute atomic E-state index is 0.0259. The molecule has 0 N–H and O–H groups in total. The largest absolute Gasteiger partial charge is 0.493 e. The monoisotopic (exact) mass is 522 g/mol. The number of rotatable bonds is 10. The van der Waals surface area contributed by atoms with E-state index in [1.807, 2.05) is 41.3 Å². The van der Waals surface area contributed by atoms with E-state index in [0.717, 1.165) is 62.8 Å². The molecule has 0 aromatic heterocycles. The van der Waals surface area contributed by atoms with E-state index < -0.39 is 0 Å². The van der Waals surface area contributed by atoms with E-state index in [4.69, 9.17) is 18.9 Å².